The molecule has 1 fully saturated rings. The molecule has 21 heavy (non-hydrogen) atoms. The normalized spacial score (nSPS) is 18.5. The lowest BCUT2D eigenvalue weighted by Crippen LogP contribution is -2.36. The van der Waals surface area contributed by atoms with E-state index in [0.717, 1.165) is 37.6 Å². The molecule has 108 valence electrons. The topological polar surface area (TPSA) is 85.0 Å². The molecule has 0 unspecified atom stereocenters. The van der Waals surface area contributed by atoms with Crippen molar-refractivity contribution < 1.29 is 4.79 Å². The number of piperidine rings is 1. The lowest BCUT2D eigenvalue weighted by Gasteiger charge is -2.32. The van der Waals surface area contributed by atoms with Crippen LogP contribution < -0.4 is 10.6 Å². The van der Waals surface area contributed by atoms with E-state index in [0.29, 0.717) is 5.69 Å². The largest absolute Gasteiger partial charge is 0.364 e. The second-order valence-electron chi connectivity index (χ2n) is 5.15. The molecule has 0 radical (unpaired) electrons. The van der Waals surface area contributed by atoms with Crippen LogP contribution in [0.1, 0.15) is 34.9 Å². The Labute approximate surface area is 123 Å². The summed E-state index contributed by atoms with van der Waals surface area (Å²) in [6.07, 6.45) is 5.58. The number of rotatable bonds is 3. The summed E-state index contributed by atoms with van der Waals surface area (Å²) in [5, 5.41) is 0. The maximum Gasteiger partial charge on any atom is 0.267 e. The molecule has 0 aromatic carbocycles. The molecule has 6 heteroatoms. The number of amides is 1. The van der Waals surface area contributed by atoms with E-state index in [1.165, 1.54) is 0 Å². The highest BCUT2D eigenvalue weighted by Gasteiger charge is 2.24. The van der Waals surface area contributed by atoms with Crippen molar-refractivity contribution >= 4 is 11.9 Å². The van der Waals surface area contributed by atoms with Crippen LogP contribution in [0.5, 0.6) is 0 Å². The minimum atomic E-state index is -0.490. The van der Waals surface area contributed by atoms with E-state index < -0.39 is 5.91 Å². The first-order valence-corrected chi connectivity index (χ1v) is 7.03. The first kappa shape index (κ1) is 13.5. The number of nitrogens with two attached hydrogens (primary N) is 1. The SMILES string of the molecule is NC(=O)c1cccc([C@@H]2CCCN(c3ncccn3)C2)n1. The molecule has 3 rings (SSSR count). The standard InChI is InChI=1S/C15H17N5O/c16-14(21)13-6-1-5-12(19-13)11-4-2-9-20(10-11)15-17-7-3-8-18-15/h1,3,5-8,11H,2,4,9-10H2,(H2,16,21)/t11-/m1/s1. The van der Waals surface area contributed by atoms with E-state index in [9.17, 15) is 4.79 Å². The van der Waals surface area contributed by atoms with Crippen molar-refractivity contribution in [2.24, 2.45) is 5.73 Å². The number of nitrogens with zero attached hydrogens (tertiary/aromatic N) is 4. The van der Waals surface area contributed by atoms with E-state index in [-0.39, 0.29) is 5.92 Å². The minimum Gasteiger partial charge on any atom is -0.364 e. The smallest absolute Gasteiger partial charge is 0.267 e. The molecule has 1 saturated heterocycles. The number of aromatic nitrogens is 3. The zero-order valence-electron chi connectivity index (χ0n) is 11.6. The van der Waals surface area contributed by atoms with Gasteiger partial charge in [0.05, 0.1) is 0 Å². The molecule has 0 spiro atoms. The molecule has 2 aromatic rings. The number of anilines is 1. The van der Waals surface area contributed by atoms with Crippen molar-refractivity contribution in [1.82, 2.24) is 15.0 Å². The number of primary amides is 1. The molecule has 1 aliphatic heterocycles. The van der Waals surface area contributed by atoms with Gasteiger partial charge in [-0.3, -0.25) is 4.79 Å². The Balaban J connectivity index is 1.80. The lowest BCUT2D eigenvalue weighted by molar-refractivity contribution is 0.0995. The van der Waals surface area contributed by atoms with Crippen molar-refractivity contribution in [3.05, 3.63) is 48.0 Å². The van der Waals surface area contributed by atoms with Crippen LogP contribution in [0.3, 0.4) is 0 Å². The number of hydrogen-bond donors (Lipinski definition) is 1. The predicted octanol–water partition coefficient (Wildman–Crippen LogP) is 1.35. The monoisotopic (exact) mass is 283 g/mol. The zero-order chi connectivity index (χ0) is 14.7. The molecule has 1 aliphatic rings. The third-order valence-corrected chi connectivity index (χ3v) is 3.70. The van der Waals surface area contributed by atoms with Crippen LogP contribution in [0.25, 0.3) is 0 Å². The molecule has 2 aromatic heterocycles. The van der Waals surface area contributed by atoms with Crippen LogP contribution in [-0.4, -0.2) is 33.9 Å². The highest BCUT2D eigenvalue weighted by atomic mass is 16.1. The van der Waals surface area contributed by atoms with Crippen molar-refractivity contribution in [1.29, 1.82) is 0 Å². The van der Waals surface area contributed by atoms with Gasteiger partial charge in [-0.2, -0.15) is 0 Å². The molecule has 3 heterocycles. The van der Waals surface area contributed by atoms with E-state index in [2.05, 4.69) is 19.9 Å². The summed E-state index contributed by atoms with van der Waals surface area (Å²) >= 11 is 0. The molecule has 2 N–H and O–H groups in total. The van der Waals surface area contributed by atoms with Gasteiger partial charge in [-0.05, 0) is 31.0 Å². The summed E-state index contributed by atoms with van der Waals surface area (Å²) in [4.78, 5) is 26.4. The molecular weight excluding hydrogens is 266 g/mol. The van der Waals surface area contributed by atoms with Crippen molar-refractivity contribution in [2.45, 2.75) is 18.8 Å². The third-order valence-electron chi connectivity index (χ3n) is 3.70. The van der Waals surface area contributed by atoms with Gasteiger partial charge >= 0.3 is 0 Å². The molecule has 0 saturated carbocycles. The average molecular weight is 283 g/mol. The predicted molar refractivity (Wildman–Crippen MR) is 79.0 cm³/mol. The van der Waals surface area contributed by atoms with E-state index in [4.69, 9.17) is 5.73 Å². The highest BCUT2D eigenvalue weighted by molar-refractivity contribution is 5.90. The van der Waals surface area contributed by atoms with Gasteiger partial charge in [0.25, 0.3) is 5.91 Å². The highest BCUT2D eigenvalue weighted by Crippen LogP contribution is 2.27. The van der Waals surface area contributed by atoms with Crippen molar-refractivity contribution in [2.75, 3.05) is 18.0 Å². The molecule has 6 nitrogen and oxygen atoms in total. The third kappa shape index (κ3) is 2.99. The Morgan fingerprint density at radius 3 is 2.81 bits per heavy atom. The summed E-state index contributed by atoms with van der Waals surface area (Å²) in [5.41, 5.74) is 6.53. The average Bonchev–Trinajstić information content (AvgIpc) is 2.56. The Hall–Kier alpha value is -2.50. The minimum absolute atomic E-state index is 0.266. The van der Waals surface area contributed by atoms with Crippen LogP contribution in [0.2, 0.25) is 0 Å². The maximum absolute atomic E-state index is 11.3. The molecule has 1 amide bonds. The Kier molecular flexibility index (Phi) is 3.77. The molecule has 0 aliphatic carbocycles. The van der Waals surface area contributed by atoms with Gasteiger partial charge in [0.15, 0.2) is 0 Å². The summed E-state index contributed by atoms with van der Waals surface area (Å²) < 4.78 is 0. The number of hydrogen-bond acceptors (Lipinski definition) is 5. The van der Waals surface area contributed by atoms with Crippen LogP contribution in [-0.2, 0) is 0 Å². The Bertz CT molecular complexity index is 631. The molecular formula is C15H17N5O. The van der Waals surface area contributed by atoms with Gasteiger partial charge in [0.1, 0.15) is 5.69 Å². The lowest BCUT2D eigenvalue weighted by atomic mass is 9.94. The Morgan fingerprint density at radius 2 is 2.05 bits per heavy atom. The number of carbonyl (C=O) groups is 1. The van der Waals surface area contributed by atoms with Gasteiger partial charge in [-0.15, -0.1) is 0 Å². The summed E-state index contributed by atoms with van der Waals surface area (Å²) in [6, 6.07) is 7.24. The van der Waals surface area contributed by atoms with Gasteiger partial charge in [0, 0.05) is 37.1 Å². The van der Waals surface area contributed by atoms with Crippen LogP contribution in [0, 0.1) is 0 Å². The Morgan fingerprint density at radius 1 is 1.24 bits per heavy atom. The van der Waals surface area contributed by atoms with Crippen molar-refractivity contribution in [3.8, 4) is 0 Å². The summed E-state index contributed by atoms with van der Waals surface area (Å²) in [6.45, 7) is 1.75. The quantitative estimate of drug-likeness (QED) is 0.919. The fourth-order valence-corrected chi connectivity index (χ4v) is 2.67. The second-order valence-corrected chi connectivity index (χ2v) is 5.15. The maximum atomic E-state index is 11.3. The van der Waals surface area contributed by atoms with Crippen LogP contribution in [0.15, 0.2) is 36.7 Å². The van der Waals surface area contributed by atoms with Gasteiger partial charge in [0.2, 0.25) is 5.95 Å². The van der Waals surface area contributed by atoms with Gasteiger partial charge in [-0.25, -0.2) is 15.0 Å². The zero-order valence-corrected chi connectivity index (χ0v) is 11.6. The van der Waals surface area contributed by atoms with Gasteiger partial charge in [-0.1, -0.05) is 6.07 Å². The number of carbonyl (C=O) groups excluding carboxylic acids is 1. The number of pyridine rings is 1. The fraction of sp³-hybridized carbons (Fsp3) is 0.333. The van der Waals surface area contributed by atoms with Crippen LogP contribution >= 0.6 is 0 Å². The fourth-order valence-electron chi connectivity index (χ4n) is 2.67. The van der Waals surface area contributed by atoms with E-state index in [1.807, 2.05) is 18.2 Å². The van der Waals surface area contributed by atoms with Crippen molar-refractivity contribution in [3.63, 3.8) is 0 Å². The van der Waals surface area contributed by atoms with E-state index >= 15 is 0 Å². The van der Waals surface area contributed by atoms with Crippen LogP contribution in [0.4, 0.5) is 5.95 Å². The summed E-state index contributed by atoms with van der Waals surface area (Å²) in [7, 11) is 0. The summed E-state index contributed by atoms with van der Waals surface area (Å²) in [5.74, 6) is 0.519. The molecule has 0 bridgehead atoms. The first-order valence-electron chi connectivity index (χ1n) is 7.03. The first-order chi connectivity index (χ1) is 10.2. The van der Waals surface area contributed by atoms with E-state index in [1.54, 1.807) is 18.5 Å². The van der Waals surface area contributed by atoms with Gasteiger partial charge < -0.3 is 10.6 Å². The molecule has 1 atom stereocenters. The second kappa shape index (κ2) is 5.87.